The van der Waals surface area contributed by atoms with E-state index >= 15 is 0 Å². The molecule has 0 atom stereocenters. The van der Waals surface area contributed by atoms with E-state index in [1.165, 1.54) is 24.3 Å². The Balaban J connectivity index is 2.13. The molecule has 0 unspecified atom stereocenters. The van der Waals surface area contributed by atoms with Crippen LogP contribution >= 0.6 is 0 Å². The highest BCUT2D eigenvalue weighted by Crippen LogP contribution is 2.27. The molecule has 2 aromatic carbocycles. The summed E-state index contributed by atoms with van der Waals surface area (Å²) >= 11 is 0. The number of hydrogen-bond donors (Lipinski definition) is 3. The van der Waals surface area contributed by atoms with Crippen LogP contribution in [0.3, 0.4) is 0 Å². The lowest BCUT2D eigenvalue weighted by Crippen LogP contribution is -2.29. The van der Waals surface area contributed by atoms with Crippen LogP contribution in [0.15, 0.2) is 42.5 Å². The highest BCUT2D eigenvalue weighted by atomic mass is 16.3. The molecule has 5 heteroatoms. The van der Waals surface area contributed by atoms with Gasteiger partial charge in [0.15, 0.2) is 0 Å². The second-order valence-corrected chi connectivity index (χ2v) is 5.65. The quantitative estimate of drug-likeness (QED) is 0.600. The summed E-state index contributed by atoms with van der Waals surface area (Å²) in [5.41, 5.74) is 3.00. The van der Waals surface area contributed by atoms with Crippen LogP contribution in [-0.4, -0.2) is 16.9 Å². The van der Waals surface area contributed by atoms with Gasteiger partial charge in [0.25, 0.3) is 0 Å². The molecule has 120 valence electrons. The van der Waals surface area contributed by atoms with Crippen LogP contribution in [0.5, 0.6) is 5.75 Å². The van der Waals surface area contributed by atoms with Crippen molar-refractivity contribution in [3.8, 4) is 5.75 Å². The van der Waals surface area contributed by atoms with Crippen LogP contribution in [-0.2, 0) is 9.59 Å². The number of carbonyl (C=O) groups is 2. The number of hydrogen-bond acceptors (Lipinski definition) is 3. The third kappa shape index (κ3) is 4.10. The molecule has 5 nitrogen and oxygen atoms in total. The van der Waals surface area contributed by atoms with E-state index in [1.54, 1.807) is 0 Å². The fraction of sp³-hybridized carbons (Fsp3) is 0.222. The zero-order chi connectivity index (χ0) is 17.0. The normalized spacial score (nSPS) is 10.4. The number of amides is 2. The molecule has 0 aromatic heterocycles. The largest absolute Gasteiger partial charge is 0.508 e. The number of aromatic hydroxyl groups is 1. The molecule has 3 N–H and O–H groups in total. The summed E-state index contributed by atoms with van der Waals surface area (Å²) in [4.78, 5) is 24.1. The van der Waals surface area contributed by atoms with Crippen molar-refractivity contribution in [3.05, 3.63) is 53.6 Å². The SMILES string of the molecule is Cc1cccc(C(C)C)c1NC(=O)C(=O)Nc1ccc(O)cc1. The smallest absolute Gasteiger partial charge is 0.314 e. The topological polar surface area (TPSA) is 78.4 Å². The Hall–Kier alpha value is -2.82. The zero-order valence-corrected chi connectivity index (χ0v) is 13.4. The van der Waals surface area contributed by atoms with Crippen molar-refractivity contribution >= 4 is 23.2 Å². The van der Waals surface area contributed by atoms with Gasteiger partial charge in [0.05, 0.1) is 0 Å². The maximum absolute atomic E-state index is 12.1. The molecule has 0 bridgehead atoms. The van der Waals surface area contributed by atoms with Crippen molar-refractivity contribution in [1.29, 1.82) is 0 Å². The summed E-state index contributed by atoms with van der Waals surface area (Å²) in [6.45, 7) is 5.95. The Morgan fingerprint density at radius 3 is 2.17 bits per heavy atom. The van der Waals surface area contributed by atoms with Crippen molar-refractivity contribution in [1.82, 2.24) is 0 Å². The standard InChI is InChI=1S/C18H20N2O3/c1-11(2)15-6-4-5-12(3)16(15)20-18(23)17(22)19-13-7-9-14(21)10-8-13/h4-11,21H,1-3H3,(H,19,22)(H,20,23). The maximum atomic E-state index is 12.1. The van der Waals surface area contributed by atoms with Gasteiger partial charge in [-0.1, -0.05) is 32.0 Å². The molecule has 2 amide bonds. The molecular formula is C18H20N2O3. The Morgan fingerprint density at radius 2 is 1.57 bits per heavy atom. The van der Waals surface area contributed by atoms with Crippen molar-refractivity contribution in [2.24, 2.45) is 0 Å². The first kappa shape index (κ1) is 16.5. The Morgan fingerprint density at radius 1 is 0.957 bits per heavy atom. The van der Waals surface area contributed by atoms with E-state index in [4.69, 9.17) is 0 Å². The monoisotopic (exact) mass is 312 g/mol. The van der Waals surface area contributed by atoms with Gasteiger partial charge in [-0.2, -0.15) is 0 Å². The van der Waals surface area contributed by atoms with Crippen molar-refractivity contribution in [3.63, 3.8) is 0 Å². The zero-order valence-electron chi connectivity index (χ0n) is 13.4. The third-order valence-corrected chi connectivity index (χ3v) is 3.50. The second-order valence-electron chi connectivity index (χ2n) is 5.65. The molecule has 2 rings (SSSR count). The molecule has 0 fully saturated rings. The van der Waals surface area contributed by atoms with E-state index in [9.17, 15) is 14.7 Å². The molecule has 2 aromatic rings. The lowest BCUT2D eigenvalue weighted by molar-refractivity contribution is -0.133. The van der Waals surface area contributed by atoms with Gasteiger partial charge in [-0.3, -0.25) is 9.59 Å². The van der Waals surface area contributed by atoms with Crippen molar-refractivity contribution in [2.75, 3.05) is 10.6 Å². The average Bonchev–Trinajstić information content (AvgIpc) is 2.51. The predicted octanol–water partition coefficient (Wildman–Crippen LogP) is 3.40. The van der Waals surface area contributed by atoms with E-state index in [2.05, 4.69) is 10.6 Å². The molecule has 0 saturated heterocycles. The van der Waals surface area contributed by atoms with Gasteiger partial charge in [0.2, 0.25) is 0 Å². The summed E-state index contributed by atoms with van der Waals surface area (Å²) in [6.07, 6.45) is 0. The van der Waals surface area contributed by atoms with E-state index in [1.807, 2.05) is 39.0 Å². The number of benzene rings is 2. The fourth-order valence-corrected chi connectivity index (χ4v) is 2.25. The molecular weight excluding hydrogens is 292 g/mol. The van der Waals surface area contributed by atoms with Gasteiger partial charge in [-0.15, -0.1) is 0 Å². The number of phenolic OH excluding ortho intramolecular Hbond substituents is 1. The highest BCUT2D eigenvalue weighted by Gasteiger charge is 2.17. The van der Waals surface area contributed by atoms with E-state index < -0.39 is 11.8 Å². The minimum Gasteiger partial charge on any atom is -0.508 e. The lowest BCUT2D eigenvalue weighted by atomic mass is 9.98. The first-order valence-electron chi connectivity index (χ1n) is 7.39. The molecule has 0 saturated carbocycles. The number of anilines is 2. The highest BCUT2D eigenvalue weighted by molar-refractivity contribution is 6.43. The molecule has 0 aliphatic heterocycles. The minimum absolute atomic E-state index is 0.0916. The lowest BCUT2D eigenvalue weighted by Gasteiger charge is -2.16. The number of carbonyl (C=O) groups excluding carboxylic acids is 2. The summed E-state index contributed by atoms with van der Waals surface area (Å²) in [6, 6.07) is 11.7. The molecule has 0 spiro atoms. The van der Waals surface area contributed by atoms with Gasteiger partial charge in [-0.05, 0) is 48.2 Å². The number of rotatable bonds is 3. The summed E-state index contributed by atoms with van der Waals surface area (Å²) in [5.74, 6) is -1.16. The van der Waals surface area contributed by atoms with Crippen molar-refractivity contribution < 1.29 is 14.7 Å². The van der Waals surface area contributed by atoms with Crippen LogP contribution in [0.25, 0.3) is 0 Å². The molecule has 23 heavy (non-hydrogen) atoms. The second kappa shape index (κ2) is 6.96. The van der Waals surface area contributed by atoms with Gasteiger partial charge in [0, 0.05) is 11.4 Å². The minimum atomic E-state index is -0.756. The molecule has 0 heterocycles. The van der Waals surface area contributed by atoms with Gasteiger partial charge in [0.1, 0.15) is 5.75 Å². The predicted molar refractivity (Wildman–Crippen MR) is 90.6 cm³/mol. The Kier molecular flexibility index (Phi) is 5.01. The number of nitrogens with one attached hydrogen (secondary N) is 2. The Labute approximate surface area is 135 Å². The van der Waals surface area contributed by atoms with E-state index in [0.717, 1.165) is 11.1 Å². The molecule has 0 radical (unpaired) electrons. The molecule has 0 aliphatic carbocycles. The first-order chi connectivity index (χ1) is 10.9. The summed E-state index contributed by atoms with van der Waals surface area (Å²) in [5, 5.41) is 14.4. The summed E-state index contributed by atoms with van der Waals surface area (Å²) < 4.78 is 0. The van der Waals surface area contributed by atoms with E-state index in [-0.39, 0.29) is 11.7 Å². The third-order valence-electron chi connectivity index (χ3n) is 3.50. The van der Waals surface area contributed by atoms with Crippen molar-refractivity contribution in [2.45, 2.75) is 26.7 Å². The van der Waals surface area contributed by atoms with Gasteiger partial charge in [-0.25, -0.2) is 0 Å². The van der Waals surface area contributed by atoms with Crippen LogP contribution in [0.1, 0.15) is 30.9 Å². The van der Waals surface area contributed by atoms with Gasteiger partial charge < -0.3 is 15.7 Å². The summed E-state index contributed by atoms with van der Waals surface area (Å²) in [7, 11) is 0. The van der Waals surface area contributed by atoms with Gasteiger partial charge >= 0.3 is 11.8 Å². The fourth-order valence-electron chi connectivity index (χ4n) is 2.25. The first-order valence-corrected chi connectivity index (χ1v) is 7.39. The van der Waals surface area contributed by atoms with E-state index in [0.29, 0.717) is 11.4 Å². The van der Waals surface area contributed by atoms with Crippen LogP contribution in [0.2, 0.25) is 0 Å². The van der Waals surface area contributed by atoms with Crippen LogP contribution in [0, 0.1) is 6.92 Å². The number of aryl methyl sites for hydroxylation is 1. The molecule has 0 aliphatic rings. The maximum Gasteiger partial charge on any atom is 0.314 e. The number of para-hydroxylation sites is 1. The van der Waals surface area contributed by atoms with Crippen LogP contribution < -0.4 is 10.6 Å². The van der Waals surface area contributed by atoms with Crippen LogP contribution in [0.4, 0.5) is 11.4 Å². The average molecular weight is 312 g/mol. The number of phenols is 1. The Bertz CT molecular complexity index is 722.